The van der Waals surface area contributed by atoms with Crippen LogP contribution in [0.15, 0.2) is 39.7 Å². The Kier molecular flexibility index (Phi) is 7.05. The van der Waals surface area contributed by atoms with Crippen molar-refractivity contribution in [1.29, 1.82) is 0 Å². The Bertz CT molecular complexity index is 985. The summed E-state index contributed by atoms with van der Waals surface area (Å²) in [6.45, 7) is 0.269. The molecule has 9 heteroatoms. The molecule has 0 unspecified atom stereocenters. The zero-order valence-electron chi connectivity index (χ0n) is 15.2. The van der Waals surface area contributed by atoms with Crippen LogP contribution in [-0.2, 0) is 9.59 Å². The van der Waals surface area contributed by atoms with Crippen LogP contribution in [0.1, 0.15) is 31.4 Å². The number of hydrogen-bond acceptors (Lipinski definition) is 5. The van der Waals surface area contributed by atoms with Crippen molar-refractivity contribution in [3.8, 4) is 11.3 Å². The molecule has 152 valence electrons. The first-order chi connectivity index (χ1) is 13.8. The van der Waals surface area contributed by atoms with Crippen LogP contribution in [0.4, 0.5) is 4.79 Å². The zero-order chi connectivity index (χ0) is 21.0. The molecule has 1 saturated heterocycles. The number of aliphatic carboxylic acids is 1. The second-order valence-electron chi connectivity index (χ2n) is 6.36. The molecule has 0 bridgehead atoms. The highest BCUT2D eigenvalue weighted by Gasteiger charge is 2.34. The van der Waals surface area contributed by atoms with Crippen molar-refractivity contribution in [2.45, 2.75) is 25.7 Å². The molecule has 6 nitrogen and oxygen atoms in total. The molecule has 2 heterocycles. The van der Waals surface area contributed by atoms with E-state index in [4.69, 9.17) is 32.7 Å². The van der Waals surface area contributed by atoms with E-state index >= 15 is 0 Å². The molecule has 1 aliphatic rings. The summed E-state index contributed by atoms with van der Waals surface area (Å²) < 4.78 is 5.75. The average Bonchev–Trinajstić information content (AvgIpc) is 3.21. The van der Waals surface area contributed by atoms with Gasteiger partial charge in [0.2, 0.25) is 0 Å². The van der Waals surface area contributed by atoms with Gasteiger partial charge in [-0.3, -0.25) is 19.3 Å². The second kappa shape index (κ2) is 9.52. The number of hydrogen-bond donors (Lipinski definition) is 1. The highest BCUT2D eigenvalue weighted by atomic mass is 35.5. The van der Waals surface area contributed by atoms with Gasteiger partial charge in [0, 0.05) is 29.6 Å². The number of imide groups is 1. The van der Waals surface area contributed by atoms with E-state index in [2.05, 4.69) is 0 Å². The van der Waals surface area contributed by atoms with Crippen LogP contribution >= 0.6 is 35.0 Å². The fraction of sp³-hybridized carbons (Fsp3) is 0.250. The van der Waals surface area contributed by atoms with E-state index in [0.29, 0.717) is 46.4 Å². The standard InChI is InChI=1S/C20H17Cl2NO5S/c21-12-5-7-14(15(22)10-12)16-8-6-13(28-16)11-17-19(26)23(20(27)29-17)9-3-1-2-4-18(24)25/h5-8,10-11H,1-4,9H2,(H,24,25)/b17-11-. The molecule has 1 aromatic heterocycles. The summed E-state index contributed by atoms with van der Waals surface area (Å²) >= 11 is 13.0. The minimum Gasteiger partial charge on any atom is -0.481 e. The Morgan fingerprint density at radius 1 is 1.14 bits per heavy atom. The van der Waals surface area contributed by atoms with Crippen molar-refractivity contribution in [2.75, 3.05) is 6.54 Å². The molecule has 1 N–H and O–H groups in total. The molecule has 3 rings (SSSR count). The van der Waals surface area contributed by atoms with Crippen molar-refractivity contribution in [3.05, 3.63) is 51.0 Å². The highest BCUT2D eigenvalue weighted by Crippen LogP contribution is 2.35. The number of carbonyl (C=O) groups is 3. The molecule has 2 amide bonds. The van der Waals surface area contributed by atoms with Crippen molar-refractivity contribution in [1.82, 2.24) is 4.90 Å². The lowest BCUT2D eigenvalue weighted by Crippen LogP contribution is -2.29. The number of unbranched alkanes of at least 4 members (excludes halogenated alkanes) is 2. The van der Waals surface area contributed by atoms with Gasteiger partial charge in [-0.2, -0.15) is 0 Å². The quantitative estimate of drug-likeness (QED) is 0.393. The van der Waals surface area contributed by atoms with Gasteiger partial charge in [0.05, 0.1) is 9.93 Å². The van der Waals surface area contributed by atoms with Gasteiger partial charge >= 0.3 is 5.97 Å². The summed E-state index contributed by atoms with van der Waals surface area (Å²) in [4.78, 5) is 36.6. The van der Waals surface area contributed by atoms with Gasteiger partial charge in [-0.05, 0) is 54.9 Å². The minimum absolute atomic E-state index is 0.0836. The summed E-state index contributed by atoms with van der Waals surface area (Å²) in [6.07, 6.45) is 3.34. The zero-order valence-corrected chi connectivity index (χ0v) is 17.5. The van der Waals surface area contributed by atoms with Crippen molar-refractivity contribution < 1.29 is 23.9 Å². The molecule has 1 aliphatic heterocycles. The maximum Gasteiger partial charge on any atom is 0.303 e. The molecule has 0 spiro atoms. The fourth-order valence-corrected chi connectivity index (χ4v) is 4.16. The third kappa shape index (κ3) is 5.44. The van der Waals surface area contributed by atoms with E-state index in [1.54, 1.807) is 30.3 Å². The fourth-order valence-electron chi connectivity index (χ4n) is 2.81. The summed E-state index contributed by atoms with van der Waals surface area (Å²) in [6, 6.07) is 8.48. The molecule has 0 radical (unpaired) electrons. The van der Waals surface area contributed by atoms with E-state index in [1.807, 2.05) is 0 Å². The summed E-state index contributed by atoms with van der Waals surface area (Å²) in [5.74, 6) is -0.272. The van der Waals surface area contributed by atoms with Gasteiger partial charge in [0.1, 0.15) is 11.5 Å². The van der Waals surface area contributed by atoms with Gasteiger partial charge in [-0.25, -0.2) is 0 Å². The van der Waals surface area contributed by atoms with Gasteiger partial charge in [0.15, 0.2) is 0 Å². The topological polar surface area (TPSA) is 87.8 Å². The lowest BCUT2D eigenvalue weighted by atomic mass is 10.2. The summed E-state index contributed by atoms with van der Waals surface area (Å²) in [5, 5.41) is 9.25. The predicted molar refractivity (Wildman–Crippen MR) is 113 cm³/mol. The smallest absolute Gasteiger partial charge is 0.303 e. The predicted octanol–water partition coefficient (Wildman–Crippen LogP) is 5.93. The molecular weight excluding hydrogens is 437 g/mol. The number of carboxylic acids is 1. The van der Waals surface area contributed by atoms with Gasteiger partial charge in [-0.15, -0.1) is 0 Å². The first-order valence-corrected chi connectivity index (χ1v) is 10.4. The number of halogens is 2. The molecular formula is C20H17Cl2NO5S. The van der Waals surface area contributed by atoms with Crippen LogP contribution in [0, 0.1) is 0 Å². The molecule has 0 aliphatic carbocycles. The Labute approximate surface area is 181 Å². The molecule has 2 aromatic rings. The number of thioether (sulfide) groups is 1. The number of benzene rings is 1. The Morgan fingerprint density at radius 2 is 1.93 bits per heavy atom. The van der Waals surface area contributed by atoms with Crippen LogP contribution in [0.5, 0.6) is 0 Å². The van der Waals surface area contributed by atoms with Gasteiger partial charge in [0.25, 0.3) is 11.1 Å². The maximum atomic E-state index is 12.5. The Morgan fingerprint density at radius 3 is 2.66 bits per heavy atom. The van der Waals surface area contributed by atoms with Crippen LogP contribution < -0.4 is 0 Å². The number of rotatable bonds is 8. The average molecular weight is 454 g/mol. The highest BCUT2D eigenvalue weighted by molar-refractivity contribution is 8.18. The van der Waals surface area contributed by atoms with Gasteiger partial charge < -0.3 is 9.52 Å². The van der Waals surface area contributed by atoms with E-state index < -0.39 is 5.97 Å². The third-order valence-corrected chi connectivity index (χ3v) is 5.70. The molecule has 29 heavy (non-hydrogen) atoms. The van der Waals surface area contributed by atoms with Gasteiger partial charge in [-0.1, -0.05) is 29.6 Å². The lowest BCUT2D eigenvalue weighted by Gasteiger charge is -2.11. The maximum absolute atomic E-state index is 12.5. The molecule has 1 aromatic carbocycles. The normalized spacial score (nSPS) is 15.5. The Balaban J connectivity index is 1.65. The van der Waals surface area contributed by atoms with E-state index in [0.717, 1.165) is 11.8 Å². The van der Waals surface area contributed by atoms with Crippen LogP contribution in [0.2, 0.25) is 10.0 Å². The molecule has 1 fully saturated rings. The summed E-state index contributed by atoms with van der Waals surface area (Å²) in [7, 11) is 0. The lowest BCUT2D eigenvalue weighted by molar-refractivity contribution is -0.137. The number of carbonyl (C=O) groups excluding carboxylic acids is 2. The monoisotopic (exact) mass is 453 g/mol. The molecule has 0 atom stereocenters. The van der Waals surface area contributed by atoms with Crippen LogP contribution in [0.25, 0.3) is 17.4 Å². The van der Waals surface area contributed by atoms with E-state index in [-0.39, 0.29) is 29.0 Å². The second-order valence-corrected chi connectivity index (χ2v) is 8.20. The first-order valence-electron chi connectivity index (χ1n) is 8.87. The van der Waals surface area contributed by atoms with Crippen LogP contribution in [-0.4, -0.2) is 33.7 Å². The number of carboxylic acid groups (broad SMARTS) is 1. The SMILES string of the molecule is O=C(O)CCCCCN1C(=O)S/C(=C\c2ccc(-c3ccc(Cl)cc3Cl)o2)C1=O. The van der Waals surface area contributed by atoms with Crippen LogP contribution in [0.3, 0.4) is 0 Å². The molecule has 0 saturated carbocycles. The Hall–Kier alpha value is -2.22. The van der Waals surface area contributed by atoms with Crippen molar-refractivity contribution in [3.63, 3.8) is 0 Å². The first kappa shape index (κ1) is 21.5. The number of furan rings is 1. The van der Waals surface area contributed by atoms with E-state index in [1.165, 1.54) is 11.0 Å². The summed E-state index contributed by atoms with van der Waals surface area (Å²) in [5.41, 5.74) is 0.671. The van der Waals surface area contributed by atoms with E-state index in [9.17, 15) is 14.4 Å². The number of nitrogens with zero attached hydrogens (tertiary/aromatic N) is 1. The minimum atomic E-state index is -0.850. The number of amides is 2. The van der Waals surface area contributed by atoms with Crippen molar-refractivity contribution >= 4 is 58.2 Å². The largest absolute Gasteiger partial charge is 0.481 e. The van der Waals surface area contributed by atoms with Crippen molar-refractivity contribution in [2.24, 2.45) is 0 Å². The third-order valence-electron chi connectivity index (χ3n) is 4.24.